The Morgan fingerprint density at radius 3 is 1.87 bits per heavy atom. The molecule has 0 aromatic heterocycles. The third-order valence-corrected chi connectivity index (χ3v) is 13.0. The summed E-state index contributed by atoms with van der Waals surface area (Å²) in [5, 5.41) is 0.414. The fourth-order valence-corrected chi connectivity index (χ4v) is 10.2. The lowest BCUT2D eigenvalue weighted by atomic mass is 9.84. The van der Waals surface area contributed by atoms with Crippen LogP contribution in [0.4, 0.5) is 0 Å². The zero-order valence-corrected chi connectivity index (χ0v) is 28.4. The summed E-state index contributed by atoms with van der Waals surface area (Å²) in [6, 6.07) is 28.3. The van der Waals surface area contributed by atoms with Crippen molar-refractivity contribution in [2.45, 2.75) is 61.5 Å². The molecule has 0 spiro atoms. The predicted molar refractivity (Wildman–Crippen MR) is 180 cm³/mol. The van der Waals surface area contributed by atoms with Gasteiger partial charge in [-0.3, -0.25) is 0 Å². The van der Waals surface area contributed by atoms with Crippen molar-refractivity contribution < 1.29 is 21.6 Å². The first-order chi connectivity index (χ1) is 22.0. The van der Waals surface area contributed by atoms with Crippen LogP contribution in [0, 0.1) is 13.8 Å². The van der Waals surface area contributed by atoms with E-state index in [9.17, 15) is 16.8 Å². The van der Waals surface area contributed by atoms with E-state index < -0.39 is 38.2 Å². The van der Waals surface area contributed by atoms with E-state index in [4.69, 9.17) is 16.3 Å². The molecule has 4 aromatic rings. The summed E-state index contributed by atoms with van der Waals surface area (Å²) < 4.78 is 67.7. The lowest BCUT2D eigenvalue weighted by molar-refractivity contribution is 0.118. The highest BCUT2D eigenvalue weighted by Gasteiger charge is 2.51. The van der Waals surface area contributed by atoms with E-state index >= 15 is 0 Å². The maximum absolute atomic E-state index is 14.7. The minimum atomic E-state index is -4.07. The van der Waals surface area contributed by atoms with Crippen molar-refractivity contribution in [3.05, 3.63) is 142 Å². The number of fused-ring (bicyclic) bond motifs is 1. The van der Waals surface area contributed by atoms with Gasteiger partial charge in [-0.2, -0.15) is 8.61 Å². The normalized spacial score (nSPS) is 21.2. The van der Waals surface area contributed by atoms with Crippen LogP contribution in [0.3, 0.4) is 0 Å². The first-order valence-corrected chi connectivity index (χ1v) is 18.6. The number of benzene rings is 4. The van der Waals surface area contributed by atoms with Gasteiger partial charge in [0.2, 0.25) is 20.0 Å². The Balaban J connectivity index is 1.57. The van der Waals surface area contributed by atoms with Crippen molar-refractivity contribution in [2.75, 3.05) is 13.2 Å². The summed E-state index contributed by atoms with van der Waals surface area (Å²) in [6.45, 7) is 6.01. The van der Waals surface area contributed by atoms with Crippen molar-refractivity contribution >= 4 is 31.6 Å². The minimum absolute atomic E-state index is 0.0481. The van der Waals surface area contributed by atoms with Crippen LogP contribution in [0.15, 0.2) is 124 Å². The topological polar surface area (TPSA) is 84.0 Å². The second kappa shape index (κ2) is 13.0. The molecule has 1 saturated heterocycles. The molecule has 2 aliphatic heterocycles. The summed E-state index contributed by atoms with van der Waals surface area (Å²) in [4.78, 5) is 0.344. The van der Waals surface area contributed by atoms with Crippen LogP contribution >= 0.6 is 11.6 Å². The van der Waals surface area contributed by atoms with Crippen LogP contribution in [-0.2, 0) is 24.8 Å². The van der Waals surface area contributed by atoms with Crippen molar-refractivity contribution in [1.82, 2.24) is 8.61 Å². The maximum atomic E-state index is 14.7. The number of rotatable bonds is 8. The highest BCUT2D eigenvalue weighted by Crippen LogP contribution is 2.50. The van der Waals surface area contributed by atoms with E-state index in [-0.39, 0.29) is 29.2 Å². The molecule has 2 heterocycles. The van der Waals surface area contributed by atoms with E-state index in [1.165, 1.54) is 4.31 Å². The lowest BCUT2D eigenvalue weighted by Crippen LogP contribution is -2.55. The van der Waals surface area contributed by atoms with Gasteiger partial charge in [0.1, 0.15) is 0 Å². The summed E-state index contributed by atoms with van der Waals surface area (Å²) in [5.41, 5.74) is 3.98. The third kappa shape index (κ3) is 6.02. The molecule has 0 saturated carbocycles. The highest BCUT2D eigenvalue weighted by atomic mass is 35.5. The smallest absolute Gasteiger partial charge is 0.244 e. The molecule has 0 unspecified atom stereocenters. The maximum Gasteiger partial charge on any atom is 0.244 e. The Hall–Kier alpha value is -3.47. The molecule has 240 valence electrons. The van der Waals surface area contributed by atoms with Crippen LogP contribution in [0.2, 0.25) is 5.02 Å². The quantitative estimate of drug-likeness (QED) is 0.192. The number of halogens is 1. The molecule has 0 aliphatic carbocycles. The zero-order chi connectivity index (χ0) is 32.6. The SMILES string of the molecule is CCOC1=C2CN(S(=O)(=O)c3ccc(C)cc3)[C@H](c3ccccc3Cl)C[C@@H]2N(S(=O)(=O)c2ccc(C)cc2)[C@H](c2ccccc2)C1. The fraction of sp³-hybridized carbons (Fsp3) is 0.278. The van der Waals surface area contributed by atoms with E-state index in [0.29, 0.717) is 28.5 Å². The summed E-state index contributed by atoms with van der Waals surface area (Å²) in [7, 11) is -8.11. The van der Waals surface area contributed by atoms with E-state index in [2.05, 4.69) is 0 Å². The first kappa shape index (κ1) is 32.5. The van der Waals surface area contributed by atoms with Crippen molar-refractivity contribution in [1.29, 1.82) is 0 Å². The molecule has 46 heavy (non-hydrogen) atoms. The van der Waals surface area contributed by atoms with Gasteiger partial charge in [0.25, 0.3) is 0 Å². The second-order valence-electron chi connectivity index (χ2n) is 11.8. The number of ether oxygens (including phenoxy) is 1. The summed E-state index contributed by atoms with van der Waals surface area (Å²) >= 11 is 6.76. The molecule has 4 aromatic carbocycles. The molecule has 10 heteroatoms. The molecule has 0 bridgehead atoms. The highest BCUT2D eigenvalue weighted by molar-refractivity contribution is 7.89. The molecule has 0 radical (unpaired) electrons. The Kier molecular flexibility index (Phi) is 9.15. The monoisotopic (exact) mass is 676 g/mol. The standard InChI is InChI=1S/C36H37ClN2O5S2/c1-4-44-36-23-33(27-10-6-5-7-11-27)39(46(42,43)29-20-16-26(3)17-21-29)35-22-34(30-12-8-9-13-32(30)37)38(24-31(35)36)45(40,41)28-18-14-25(2)15-19-28/h5-21,33-35H,4,22-24H2,1-3H3/t33-,34-,35-/m0/s1. The zero-order valence-electron chi connectivity index (χ0n) is 26.0. The average Bonchev–Trinajstić information content (AvgIpc) is 3.05. The average molecular weight is 677 g/mol. The van der Waals surface area contributed by atoms with Crippen LogP contribution in [0.1, 0.15) is 54.1 Å². The predicted octanol–water partition coefficient (Wildman–Crippen LogP) is 7.59. The molecule has 0 N–H and O–H groups in total. The Labute approximate surface area is 277 Å². The minimum Gasteiger partial charge on any atom is -0.498 e. The van der Waals surface area contributed by atoms with Crippen LogP contribution in [-0.4, -0.2) is 44.6 Å². The number of hydrogen-bond donors (Lipinski definition) is 0. The van der Waals surface area contributed by atoms with Crippen LogP contribution in [0.5, 0.6) is 0 Å². The van der Waals surface area contributed by atoms with Gasteiger partial charge in [-0.15, -0.1) is 0 Å². The Bertz CT molecular complexity index is 1960. The first-order valence-electron chi connectivity index (χ1n) is 15.3. The number of hydrogen-bond acceptors (Lipinski definition) is 5. The van der Waals surface area contributed by atoms with Crippen molar-refractivity contribution in [2.24, 2.45) is 0 Å². The second-order valence-corrected chi connectivity index (χ2v) is 16.0. The Morgan fingerprint density at radius 2 is 1.28 bits per heavy atom. The van der Waals surface area contributed by atoms with Gasteiger partial charge >= 0.3 is 0 Å². The van der Waals surface area contributed by atoms with Gasteiger partial charge in [0, 0.05) is 23.6 Å². The molecule has 2 aliphatic rings. The van der Waals surface area contributed by atoms with Gasteiger partial charge in [0.15, 0.2) is 0 Å². The summed E-state index contributed by atoms with van der Waals surface area (Å²) in [6.07, 6.45) is 0.416. The number of nitrogens with zero attached hydrogens (tertiary/aromatic N) is 2. The summed E-state index contributed by atoms with van der Waals surface area (Å²) in [5.74, 6) is 0.624. The molecular formula is C36H37ClN2O5S2. The number of sulfonamides is 2. The number of piperidine rings is 1. The van der Waals surface area contributed by atoms with Crippen LogP contribution in [0.25, 0.3) is 0 Å². The van der Waals surface area contributed by atoms with Crippen molar-refractivity contribution in [3.8, 4) is 0 Å². The van der Waals surface area contributed by atoms with E-state index in [0.717, 1.165) is 16.7 Å². The van der Waals surface area contributed by atoms with Gasteiger partial charge in [-0.25, -0.2) is 16.8 Å². The van der Waals surface area contributed by atoms with E-state index in [1.54, 1.807) is 65.0 Å². The molecular weight excluding hydrogens is 640 g/mol. The van der Waals surface area contributed by atoms with Gasteiger partial charge < -0.3 is 4.74 Å². The molecule has 3 atom stereocenters. The van der Waals surface area contributed by atoms with Gasteiger partial charge in [-0.1, -0.05) is 95.5 Å². The largest absolute Gasteiger partial charge is 0.498 e. The molecule has 1 fully saturated rings. The van der Waals surface area contributed by atoms with Gasteiger partial charge in [0.05, 0.1) is 40.3 Å². The molecule has 7 nitrogen and oxygen atoms in total. The molecule has 0 amide bonds. The fourth-order valence-electron chi connectivity index (χ4n) is 6.56. The molecule has 6 rings (SSSR count). The van der Waals surface area contributed by atoms with Crippen LogP contribution < -0.4 is 0 Å². The lowest BCUT2D eigenvalue weighted by Gasteiger charge is -2.49. The van der Waals surface area contributed by atoms with Gasteiger partial charge in [-0.05, 0) is 68.7 Å². The third-order valence-electron chi connectivity index (χ3n) is 8.86. The van der Waals surface area contributed by atoms with E-state index in [1.807, 2.05) is 63.2 Å². The van der Waals surface area contributed by atoms with Crippen molar-refractivity contribution in [3.63, 3.8) is 0 Å². The Morgan fingerprint density at radius 1 is 0.717 bits per heavy atom. The number of aryl methyl sites for hydroxylation is 2.